The molecule has 0 aromatic heterocycles. The summed E-state index contributed by atoms with van der Waals surface area (Å²) in [6.07, 6.45) is 5.16. The highest BCUT2D eigenvalue weighted by atomic mass is 16.1. The maximum absolute atomic E-state index is 11.1. The average Bonchev–Trinajstić information content (AvgIpc) is 2.68. The van der Waals surface area contributed by atoms with Crippen molar-refractivity contribution in [2.45, 2.75) is 37.5 Å². The van der Waals surface area contributed by atoms with Gasteiger partial charge in [-0.15, -0.1) is 0 Å². The third-order valence-corrected chi connectivity index (χ3v) is 2.69. The third kappa shape index (κ3) is 0.556. The summed E-state index contributed by atoms with van der Waals surface area (Å²) in [4.78, 5) is 11.1. The van der Waals surface area contributed by atoms with Crippen LogP contribution in [0.25, 0.3) is 0 Å². The molecule has 0 amide bonds. The lowest BCUT2D eigenvalue weighted by Crippen LogP contribution is -1.77. The first-order valence-corrected chi connectivity index (χ1v) is 4.16. The molecule has 2 aliphatic carbocycles. The number of rotatable bonds is 2. The first-order valence-electron chi connectivity index (χ1n) is 4.16. The van der Waals surface area contributed by atoms with Gasteiger partial charge in [-0.25, -0.2) is 0 Å². The molecule has 2 saturated carbocycles. The largest absolute Gasteiger partial charge is 0.289 e. The molecule has 0 N–H and O–H groups in total. The molecule has 0 spiro atoms. The highest BCUT2D eigenvalue weighted by molar-refractivity contribution is 5.48. The molecule has 0 bridgehead atoms. The van der Waals surface area contributed by atoms with Gasteiger partial charge in [-0.05, 0) is 37.5 Å². The van der Waals surface area contributed by atoms with Gasteiger partial charge >= 0.3 is 0 Å². The van der Waals surface area contributed by atoms with E-state index in [1.165, 1.54) is 36.8 Å². The van der Waals surface area contributed by atoms with E-state index in [1.54, 1.807) is 0 Å². The van der Waals surface area contributed by atoms with Crippen LogP contribution in [0.3, 0.4) is 0 Å². The monoisotopic (exact) mass is 134 g/mol. The minimum absolute atomic E-state index is 0.449. The molecule has 0 heterocycles. The van der Waals surface area contributed by atoms with E-state index in [0.717, 1.165) is 11.8 Å². The van der Waals surface area contributed by atoms with Crippen LogP contribution in [0, 0.1) is 0 Å². The third-order valence-electron chi connectivity index (χ3n) is 2.69. The zero-order chi connectivity index (χ0) is 6.72. The topological polar surface area (TPSA) is 17.1 Å². The van der Waals surface area contributed by atoms with Crippen LogP contribution in [-0.4, -0.2) is 0 Å². The summed E-state index contributed by atoms with van der Waals surface area (Å²) in [5.41, 5.74) is 2.95. The van der Waals surface area contributed by atoms with Crippen molar-refractivity contribution < 1.29 is 0 Å². The Morgan fingerprint density at radius 3 is 1.60 bits per heavy atom. The SMILES string of the molecule is O=c1c(C2CC2)c1C1CC1. The summed E-state index contributed by atoms with van der Waals surface area (Å²) in [5.74, 6) is 1.45. The first kappa shape index (κ1) is 5.11. The zero-order valence-corrected chi connectivity index (χ0v) is 5.89. The molecular formula is C9H10O. The van der Waals surface area contributed by atoms with E-state index >= 15 is 0 Å². The molecule has 1 aromatic rings. The quantitative estimate of drug-likeness (QED) is 0.601. The van der Waals surface area contributed by atoms with Gasteiger partial charge in [0.2, 0.25) is 0 Å². The number of hydrogen-bond donors (Lipinski definition) is 0. The van der Waals surface area contributed by atoms with Crippen LogP contribution in [0.5, 0.6) is 0 Å². The van der Waals surface area contributed by atoms with E-state index in [9.17, 15) is 4.79 Å². The van der Waals surface area contributed by atoms with Crippen LogP contribution >= 0.6 is 0 Å². The summed E-state index contributed by atoms with van der Waals surface area (Å²) in [6.45, 7) is 0. The Hall–Kier alpha value is -0.590. The first-order chi connectivity index (χ1) is 4.88. The molecule has 2 aliphatic rings. The normalized spacial score (nSPS) is 26.0. The molecule has 0 aliphatic heterocycles. The maximum atomic E-state index is 11.1. The van der Waals surface area contributed by atoms with Gasteiger partial charge in [0, 0.05) is 11.1 Å². The second-order valence-corrected chi connectivity index (χ2v) is 3.71. The lowest BCUT2D eigenvalue weighted by atomic mass is 10.2. The summed E-state index contributed by atoms with van der Waals surface area (Å²) in [5, 5.41) is 0. The van der Waals surface area contributed by atoms with Gasteiger partial charge in [0.05, 0.1) is 0 Å². The van der Waals surface area contributed by atoms with E-state index < -0.39 is 0 Å². The van der Waals surface area contributed by atoms with E-state index in [0.29, 0.717) is 5.43 Å². The van der Waals surface area contributed by atoms with Crippen molar-refractivity contribution in [3.63, 3.8) is 0 Å². The molecule has 2 fully saturated rings. The van der Waals surface area contributed by atoms with Crippen LogP contribution in [0.2, 0.25) is 0 Å². The molecule has 3 rings (SSSR count). The Balaban J connectivity index is 1.93. The van der Waals surface area contributed by atoms with Gasteiger partial charge in [0.25, 0.3) is 0 Å². The Labute approximate surface area is 59.7 Å². The van der Waals surface area contributed by atoms with Crippen molar-refractivity contribution in [1.29, 1.82) is 0 Å². The fourth-order valence-corrected chi connectivity index (χ4v) is 1.75. The predicted octanol–water partition coefficient (Wildman–Crippen LogP) is 1.68. The minimum atomic E-state index is 0.449. The van der Waals surface area contributed by atoms with Crippen molar-refractivity contribution in [2.75, 3.05) is 0 Å². The lowest BCUT2D eigenvalue weighted by Gasteiger charge is -1.77. The van der Waals surface area contributed by atoms with Crippen molar-refractivity contribution in [2.24, 2.45) is 0 Å². The summed E-state index contributed by atoms with van der Waals surface area (Å²) >= 11 is 0. The second kappa shape index (κ2) is 1.36. The minimum Gasteiger partial charge on any atom is -0.289 e. The lowest BCUT2D eigenvalue weighted by molar-refractivity contribution is 1.11. The Kier molecular flexibility index (Phi) is 0.697. The summed E-state index contributed by atoms with van der Waals surface area (Å²) < 4.78 is 0. The Morgan fingerprint density at radius 2 is 1.30 bits per heavy atom. The highest BCUT2D eigenvalue weighted by Gasteiger charge is 2.42. The Morgan fingerprint density at radius 1 is 0.900 bits per heavy atom. The molecular weight excluding hydrogens is 124 g/mol. The van der Waals surface area contributed by atoms with Crippen molar-refractivity contribution in [3.05, 3.63) is 21.4 Å². The van der Waals surface area contributed by atoms with Gasteiger partial charge in [0.15, 0.2) is 5.43 Å². The standard InChI is InChI=1S/C9H10O/c10-9-7(5-1-2-5)8(9)6-3-4-6/h5-6H,1-4H2. The van der Waals surface area contributed by atoms with Crippen LogP contribution in [0.15, 0.2) is 4.79 Å². The van der Waals surface area contributed by atoms with Gasteiger partial charge < -0.3 is 0 Å². The Bertz CT molecular complexity index is 256. The highest BCUT2D eigenvalue weighted by Crippen LogP contribution is 2.50. The van der Waals surface area contributed by atoms with Crippen molar-refractivity contribution in [3.8, 4) is 0 Å². The molecule has 0 radical (unpaired) electrons. The molecule has 10 heavy (non-hydrogen) atoms. The predicted molar refractivity (Wildman–Crippen MR) is 39.0 cm³/mol. The summed E-state index contributed by atoms with van der Waals surface area (Å²) in [7, 11) is 0. The van der Waals surface area contributed by atoms with Gasteiger partial charge in [-0.2, -0.15) is 0 Å². The summed E-state index contributed by atoms with van der Waals surface area (Å²) in [6, 6.07) is 0. The van der Waals surface area contributed by atoms with Crippen LogP contribution in [0.1, 0.15) is 48.6 Å². The fourth-order valence-electron chi connectivity index (χ4n) is 1.75. The molecule has 1 nitrogen and oxygen atoms in total. The van der Waals surface area contributed by atoms with Crippen LogP contribution < -0.4 is 5.43 Å². The molecule has 1 aromatic carbocycles. The number of hydrogen-bond acceptors (Lipinski definition) is 1. The fraction of sp³-hybridized carbons (Fsp3) is 0.667. The smallest absolute Gasteiger partial charge is 0.186 e. The molecule has 0 atom stereocenters. The molecule has 52 valence electrons. The maximum Gasteiger partial charge on any atom is 0.186 e. The van der Waals surface area contributed by atoms with Crippen molar-refractivity contribution >= 4 is 0 Å². The van der Waals surface area contributed by atoms with Gasteiger partial charge in [0.1, 0.15) is 0 Å². The van der Waals surface area contributed by atoms with Gasteiger partial charge in [-0.3, -0.25) is 4.79 Å². The van der Waals surface area contributed by atoms with Crippen LogP contribution in [-0.2, 0) is 0 Å². The second-order valence-electron chi connectivity index (χ2n) is 3.71. The molecule has 1 heteroatoms. The molecule has 0 unspecified atom stereocenters. The average molecular weight is 134 g/mol. The van der Waals surface area contributed by atoms with E-state index in [-0.39, 0.29) is 0 Å². The van der Waals surface area contributed by atoms with E-state index in [1.807, 2.05) is 0 Å². The van der Waals surface area contributed by atoms with E-state index in [4.69, 9.17) is 0 Å². The van der Waals surface area contributed by atoms with Crippen LogP contribution in [0.4, 0.5) is 0 Å². The van der Waals surface area contributed by atoms with Crippen molar-refractivity contribution in [1.82, 2.24) is 0 Å². The van der Waals surface area contributed by atoms with E-state index in [2.05, 4.69) is 0 Å². The molecule has 0 saturated heterocycles. The zero-order valence-electron chi connectivity index (χ0n) is 5.89. The van der Waals surface area contributed by atoms with Gasteiger partial charge in [-0.1, -0.05) is 0 Å².